The zero-order valence-corrected chi connectivity index (χ0v) is 11.4. The minimum absolute atomic E-state index is 0.0794. The predicted octanol–water partition coefficient (Wildman–Crippen LogP) is -0.294. The number of nitrogens with one attached hydrogen (secondary N) is 1. The number of carbonyl (C=O) groups is 1. The lowest BCUT2D eigenvalue weighted by Crippen LogP contribution is -2.52. The van der Waals surface area contributed by atoms with Gasteiger partial charge in [-0.2, -0.15) is 8.42 Å². The van der Waals surface area contributed by atoms with Crippen molar-refractivity contribution in [1.29, 1.82) is 0 Å². The molecule has 6 nitrogen and oxygen atoms in total. The molecule has 18 heavy (non-hydrogen) atoms. The Bertz CT molecular complexity index is 401. The first kappa shape index (κ1) is 13.8. The standard InChI is InChI=1S/C11H20N2O4S/c1-18(15,16)17-10-4-2-9(3-5-10)13-7-6-12-11(14)8-13/h9-10H,2-8H2,1H3,(H,12,14)/t9-,10-. The van der Waals surface area contributed by atoms with E-state index in [9.17, 15) is 13.2 Å². The molecule has 1 amide bonds. The van der Waals surface area contributed by atoms with E-state index in [1.165, 1.54) is 0 Å². The molecule has 1 saturated heterocycles. The molecule has 2 fully saturated rings. The Morgan fingerprint density at radius 2 is 1.94 bits per heavy atom. The van der Waals surface area contributed by atoms with E-state index in [0.29, 0.717) is 19.1 Å². The van der Waals surface area contributed by atoms with E-state index in [2.05, 4.69) is 10.2 Å². The van der Waals surface area contributed by atoms with Gasteiger partial charge < -0.3 is 5.32 Å². The number of hydrogen-bond donors (Lipinski definition) is 1. The molecule has 2 aliphatic rings. The van der Waals surface area contributed by atoms with Crippen molar-refractivity contribution < 1.29 is 17.4 Å². The molecular formula is C11H20N2O4S. The van der Waals surface area contributed by atoms with Gasteiger partial charge in [0.2, 0.25) is 5.91 Å². The van der Waals surface area contributed by atoms with Crippen LogP contribution in [0.2, 0.25) is 0 Å². The number of amides is 1. The van der Waals surface area contributed by atoms with Gasteiger partial charge in [0, 0.05) is 19.1 Å². The Morgan fingerprint density at radius 3 is 2.50 bits per heavy atom. The molecule has 1 saturated carbocycles. The Morgan fingerprint density at radius 1 is 1.28 bits per heavy atom. The van der Waals surface area contributed by atoms with Gasteiger partial charge in [0.15, 0.2) is 0 Å². The summed E-state index contributed by atoms with van der Waals surface area (Å²) in [5.41, 5.74) is 0. The maximum absolute atomic E-state index is 11.3. The summed E-state index contributed by atoms with van der Waals surface area (Å²) < 4.78 is 27.1. The van der Waals surface area contributed by atoms with Gasteiger partial charge in [-0.3, -0.25) is 13.9 Å². The fourth-order valence-electron chi connectivity index (χ4n) is 2.72. The SMILES string of the molecule is CS(=O)(=O)O[C@H]1CC[C@H](N2CCNC(=O)C2)CC1. The Labute approximate surface area is 108 Å². The van der Waals surface area contributed by atoms with Crippen LogP contribution in [0.4, 0.5) is 0 Å². The molecule has 2 rings (SSSR count). The first-order valence-corrected chi connectivity index (χ1v) is 8.15. The smallest absolute Gasteiger partial charge is 0.264 e. The van der Waals surface area contributed by atoms with Crippen molar-refractivity contribution in [2.75, 3.05) is 25.9 Å². The Hall–Kier alpha value is -0.660. The normalized spacial score (nSPS) is 31.1. The van der Waals surface area contributed by atoms with Crippen molar-refractivity contribution >= 4 is 16.0 Å². The van der Waals surface area contributed by atoms with Crippen LogP contribution in [-0.4, -0.2) is 57.3 Å². The molecule has 0 atom stereocenters. The fourth-order valence-corrected chi connectivity index (χ4v) is 3.41. The molecule has 0 aromatic rings. The van der Waals surface area contributed by atoms with Crippen molar-refractivity contribution in [3.05, 3.63) is 0 Å². The topological polar surface area (TPSA) is 75.7 Å². The van der Waals surface area contributed by atoms with Crippen LogP contribution in [0, 0.1) is 0 Å². The quantitative estimate of drug-likeness (QED) is 0.717. The molecule has 0 radical (unpaired) electrons. The summed E-state index contributed by atoms with van der Waals surface area (Å²) in [5.74, 6) is 0.0794. The van der Waals surface area contributed by atoms with Gasteiger partial charge in [-0.1, -0.05) is 0 Å². The summed E-state index contributed by atoms with van der Waals surface area (Å²) in [6.45, 7) is 2.05. The lowest BCUT2D eigenvalue weighted by molar-refractivity contribution is -0.125. The summed E-state index contributed by atoms with van der Waals surface area (Å²) in [5, 5.41) is 2.81. The summed E-state index contributed by atoms with van der Waals surface area (Å²) in [6.07, 6.45) is 4.19. The van der Waals surface area contributed by atoms with Gasteiger partial charge in [0.1, 0.15) is 0 Å². The van der Waals surface area contributed by atoms with Gasteiger partial charge in [-0.15, -0.1) is 0 Å². The minimum atomic E-state index is -3.35. The maximum Gasteiger partial charge on any atom is 0.264 e. The molecule has 7 heteroatoms. The van der Waals surface area contributed by atoms with E-state index in [4.69, 9.17) is 4.18 Å². The highest BCUT2D eigenvalue weighted by Crippen LogP contribution is 2.26. The van der Waals surface area contributed by atoms with Gasteiger partial charge in [0.05, 0.1) is 18.9 Å². The number of rotatable bonds is 3. The number of hydrogen-bond acceptors (Lipinski definition) is 5. The highest BCUT2D eigenvalue weighted by molar-refractivity contribution is 7.86. The molecule has 1 heterocycles. The molecule has 0 unspecified atom stereocenters. The van der Waals surface area contributed by atoms with Gasteiger partial charge >= 0.3 is 0 Å². The second-order valence-electron chi connectivity index (χ2n) is 5.05. The van der Waals surface area contributed by atoms with Crippen molar-refractivity contribution in [1.82, 2.24) is 10.2 Å². The first-order valence-electron chi connectivity index (χ1n) is 6.33. The van der Waals surface area contributed by atoms with E-state index >= 15 is 0 Å². The van der Waals surface area contributed by atoms with E-state index in [1.54, 1.807) is 0 Å². The summed E-state index contributed by atoms with van der Waals surface area (Å²) in [7, 11) is -3.35. The molecule has 1 aliphatic carbocycles. The fraction of sp³-hybridized carbons (Fsp3) is 0.909. The van der Waals surface area contributed by atoms with Crippen LogP contribution in [0.1, 0.15) is 25.7 Å². The summed E-state index contributed by atoms with van der Waals surface area (Å²) >= 11 is 0. The zero-order chi connectivity index (χ0) is 13.2. The molecule has 1 aliphatic heterocycles. The molecule has 1 N–H and O–H groups in total. The van der Waals surface area contributed by atoms with Crippen LogP contribution < -0.4 is 5.32 Å². The molecule has 0 aromatic carbocycles. The molecule has 0 spiro atoms. The third-order valence-electron chi connectivity index (χ3n) is 3.54. The van der Waals surface area contributed by atoms with Gasteiger partial charge in [-0.25, -0.2) is 0 Å². The largest absolute Gasteiger partial charge is 0.354 e. The lowest BCUT2D eigenvalue weighted by atomic mass is 9.91. The number of piperazine rings is 1. The number of carbonyl (C=O) groups excluding carboxylic acids is 1. The Kier molecular flexibility index (Phi) is 4.24. The lowest BCUT2D eigenvalue weighted by Gasteiger charge is -2.38. The van der Waals surface area contributed by atoms with Crippen LogP contribution in [0.25, 0.3) is 0 Å². The van der Waals surface area contributed by atoms with Crippen LogP contribution in [0.3, 0.4) is 0 Å². The van der Waals surface area contributed by atoms with E-state index in [-0.39, 0.29) is 12.0 Å². The first-order chi connectivity index (χ1) is 8.44. The summed E-state index contributed by atoms with van der Waals surface area (Å²) in [6, 6.07) is 0.385. The van der Waals surface area contributed by atoms with Crippen LogP contribution >= 0.6 is 0 Å². The third kappa shape index (κ3) is 3.93. The van der Waals surface area contributed by atoms with Crippen LogP contribution in [0.15, 0.2) is 0 Å². The van der Waals surface area contributed by atoms with Gasteiger partial charge in [-0.05, 0) is 25.7 Å². The van der Waals surface area contributed by atoms with Crippen molar-refractivity contribution in [2.24, 2.45) is 0 Å². The van der Waals surface area contributed by atoms with Crippen molar-refractivity contribution in [3.63, 3.8) is 0 Å². The second-order valence-corrected chi connectivity index (χ2v) is 6.65. The highest BCUT2D eigenvalue weighted by atomic mass is 32.2. The summed E-state index contributed by atoms with van der Waals surface area (Å²) in [4.78, 5) is 13.5. The molecule has 0 aromatic heterocycles. The average Bonchev–Trinajstić information content (AvgIpc) is 2.28. The van der Waals surface area contributed by atoms with Crippen LogP contribution in [0.5, 0.6) is 0 Å². The molecule has 104 valence electrons. The highest BCUT2D eigenvalue weighted by Gasteiger charge is 2.30. The minimum Gasteiger partial charge on any atom is -0.354 e. The second kappa shape index (κ2) is 5.54. The average molecular weight is 276 g/mol. The monoisotopic (exact) mass is 276 g/mol. The Balaban J connectivity index is 1.81. The van der Waals surface area contributed by atoms with Crippen molar-refractivity contribution in [3.8, 4) is 0 Å². The van der Waals surface area contributed by atoms with Crippen molar-refractivity contribution in [2.45, 2.75) is 37.8 Å². The van der Waals surface area contributed by atoms with E-state index in [0.717, 1.165) is 38.5 Å². The van der Waals surface area contributed by atoms with Crippen LogP contribution in [-0.2, 0) is 19.1 Å². The number of nitrogens with zero attached hydrogens (tertiary/aromatic N) is 1. The maximum atomic E-state index is 11.3. The zero-order valence-electron chi connectivity index (χ0n) is 10.6. The predicted molar refractivity (Wildman–Crippen MR) is 66.6 cm³/mol. The molecule has 0 bridgehead atoms. The van der Waals surface area contributed by atoms with E-state index < -0.39 is 10.1 Å². The third-order valence-corrected chi connectivity index (χ3v) is 4.16. The van der Waals surface area contributed by atoms with E-state index in [1.807, 2.05) is 0 Å². The molecular weight excluding hydrogens is 256 g/mol. The van der Waals surface area contributed by atoms with Gasteiger partial charge in [0.25, 0.3) is 10.1 Å².